The summed E-state index contributed by atoms with van der Waals surface area (Å²) >= 11 is 4.11. The van der Waals surface area contributed by atoms with Crippen molar-refractivity contribution in [3.05, 3.63) is 48.5 Å². The van der Waals surface area contributed by atoms with Crippen molar-refractivity contribution in [3.8, 4) is 0 Å². The molecule has 0 aliphatic carbocycles. The number of hydrogen-bond donors (Lipinski definition) is 2. The summed E-state index contributed by atoms with van der Waals surface area (Å²) in [5, 5.41) is 29.1. The molecule has 2 N–H and O–H groups in total. The van der Waals surface area contributed by atoms with Crippen LogP contribution < -0.4 is 10.6 Å². The lowest BCUT2D eigenvalue weighted by atomic mass is 10.3. The molecule has 0 spiro atoms. The summed E-state index contributed by atoms with van der Waals surface area (Å²) in [6, 6.07) is 15.2. The molecular weight excluding hydrogens is 508 g/mol. The van der Waals surface area contributed by atoms with Crippen LogP contribution >= 0.6 is 35.3 Å². The van der Waals surface area contributed by atoms with Crippen molar-refractivity contribution in [3.63, 3.8) is 0 Å². The Kier molecular flexibility index (Phi) is 8.33. The molecule has 0 saturated heterocycles. The third kappa shape index (κ3) is 7.27. The number of carbonyl (C=O) groups is 2. The van der Waals surface area contributed by atoms with Crippen molar-refractivity contribution < 1.29 is 9.59 Å². The Morgan fingerprint density at radius 2 is 1.11 bits per heavy atom. The van der Waals surface area contributed by atoms with Gasteiger partial charge in [-0.25, -0.2) is 9.36 Å². The smallest absolute Gasteiger partial charge is 0.234 e. The highest BCUT2D eigenvalue weighted by Gasteiger charge is 2.10. The summed E-state index contributed by atoms with van der Waals surface area (Å²) in [6.45, 7) is 0. The molecule has 35 heavy (non-hydrogen) atoms. The zero-order valence-electron chi connectivity index (χ0n) is 18.7. The van der Waals surface area contributed by atoms with Crippen LogP contribution in [0.15, 0.2) is 68.6 Å². The van der Waals surface area contributed by atoms with E-state index < -0.39 is 0 Å². The Balaban J connectivity index is 1.22. The molecule has 2 aromatic carbocycles. The van der Waals surface area contributed by atoms with Gasteiger partial charge < -0.3 is 10.6 Å². The third-order valence-corrected chi connectivity index (χ3v) is 7.38. The second-order valence-corrected chi connectivity index (χ2v) is 10.0. The normalized spacial score (nSPS) is 10.8. The summed E-state index contributed by atoms with van der Waals surface area (Å²) in [6.07, 6.45) is 0. The fourth-order valence-electron chi connectivity index (χ4n) is 2.69. The second-order valence-electron chi connectivity index (χ2n) is 6.99. The standard InChI is InChI=1S/C20H20N10O2S3/c1-29-19(23-25-27-29)33-11-17(31)21-13-3-7-15(8-4-13)35-16-9-5-14(6-10-16)22-18(32)12-34-20-24-26-28-30(20)2/h3-10H,11-12H2,1-2H3,(H,21,31)(H,22,32). The Labute approximate surface area is 213 Å². The van der Waals surface area contributed by atoms with Crippen LogP contribution in [0, 0.1) is 0 Å². The molecule has 12 nitrogen and oxygen atoms in total. The minimum atomic E-state index is -0.136. The van der Waals surface area contributed by atoms with E-state index in [2.05, 4.69) is 41.7 Å². The summed E-state index contributed by atoms with van der Waals surface area (Å²) in [5.41, 5.74) is 1.42. The highest BCUT2D eigenvalue weighted by atomic mass is 32.2. The molecule has 0 atom stereocenters. The molecule has 0 fully saturated rings. The Bertz CT molecular complexity index is 1190. The lowest BCUT2D eigenvalue weighted by molar-refractivity contribution is -0.114. The highest BCUT2D eigenvalue weighted by molar-refractivity contribution is 8.00. The summed E-state index contributed by atoms with van der Waals surface area (Å²) < 4.78 is 3.03. The highest BCUT2D eigenvalue weighted by Crippen LogP contribution is 2.29. The average Bonchev–Trinajstić information content (AvgIpc) is 3.46. The maximum absolute atomic E-state index is 12.2. The summed E-state index contributed by atoms with van der Waals surface area (Å²) in [4.78, 5) is 26.4. The van der Waals surface area contributed by atoms with Crippen LogP contribution in [0.25, 0.3) is 0 Å². The Morgan fingerprint density at radius 1 is 0.714 bits per heavy atom. The number of hydrogen-bond acceptors (Lipinski definition) is 11. The van der Waals surface area contributed by atoms with E-state index in [-0.39, 0.29) is 23.3 Å². The number of thioether (sulfide) groups is 2. The van der Waals surface area contributed by atoms with Crippen molar-refractivity contribution in [1.82, 2.24) is 40.4 Å². The van der Waals surface area contributed by atoms with Crippen LogP contribution in [0.4, 0.5) is 11.4 Å². The molecular formula is C20H20N10O2S3. The van der Waals surface area contributed by atoms with Gasteiger partial charge in [-0.2, -0.15) is 0 Å². The molecule has 4 aromatic rings. The van der Waals surface area contributed by atoms with Crippen molar-refractivity contribution in [1.29, 1.82) is 0 Å². The van der Waals surface area contributed by atoms with Gasteiger partial charge in [0.1, 0.15) is 0 Å². The quantitative estimate of drug-likeness (QED) is 0.292. The van der Waals surface area contributed by atoms with Crippen molar-refractivity contribution in [2.45, 2.75) is 20.1 Å². The van der Waals surface area contributed by atoms with Crippen LogP contribution in [-0.4, -0.2) is 63.7 Å². The number of nitrogens with one attached hydrogen (secondary N) is 2. The monoisotopic (exact) mass is 528 g/mol. The van der Waals surface area contributed by atoms with Gasteiger partial charge in [0.2, 0.25) is 22.1 Å². The van der Waals surface area contributed by atoms with Crippen LogP contribution in [0.2, 0.25) is 0 Å². The van der Waals surface area contributed by atoms with Crippen LogP contribution in [0.5, 0.6) is 0 Å². The van der Waals surface area contributed by atoms with E-state index in [1.807, 2.05) is 48.5 Å². The molecule has 0 bridgehead atoms. The summed E-state index contributed by atoms with van der Waals surface area (Å²) in [5.74, 6) is 0.151. The van der Waals surface area contributed by atoms with E-state index in [4.69, 9.17) is 0 Å². The van der Waals surface area contributed by atoms with Gasteiger partial charge in [-0.15, -0.1) is 10.2 Å². The van der Waals surface area contributed by atoms with Gasteiger partial charge in [0.05, 0.1) is 11.5 Å². The Morgan fingerprint density at radius 3 is 1.46 bits per heavy atom. The SMILES string of the molecule is Cn1nnnc1SCC(=O)Nc1ccc(Sc2ccc(NC(=O)CSc3nnnn3C)cc2)cc1. The van der Waals surface area contributed by atoms with Gasteiger partial charge in [-0.3, -0.25) is 9.59 Å². The first-order valence-corrected chi connectivity index (χ1v) is 12.9. The first kappa shape index (κ1) is 24.7. The number of aryl methyl sites for hydroxylation is 2. The van der Waals surface area contributed by atoms with Gasteiger partial charge in [0.25, 0.3) is 0 Å². The first-order chi connectivity index (χ1) is 17.0. The van der Waals surface area contributed by atoms with Crippen molar-refractivity contribution in [2.75, 3.05) is 22.1 Å². The molecule has 0 unspecified atom stereocenters. The second kappa shape index (κ2) is 11.8. The summed E-state index contributed by atoms with van der Waals surface area (Å²) in [7, 11) is 3.45. The fourth-order valence-corrected chi connectivity index (χ4v) is 4.81. The largest absolute Gasteiger partial charge is 0.325 e. The average molecular weight is 529 g/mol. The number of aromatic nitrogens is 8. The molecule has 4 rings (SSSR count). The molecule has 0 saturated carbocycles. The topological polar surface area (TPSA) is 145 Å². The van der Waals surface area contributed by atoms with Gasteiger partial charge >= 0.3 is 0 Å². The van der Waals surface area contributed by atoms with E-state index in [0.29, 0.717) is 21.7 Å². The van der Waals surface area contributed by atoms with E-state index in [9.17, 15) is 9.59 Å². The van der Waals surface area contributed by atoms with E-state index in [1.54, 1.807) is 25.9 Å². The number of carbonyl (C=O) groups excluding carboxylic acids is 2. The van der Waals surface area contributed by atoms with Crippen LogP contribution in [-0.2, 0) is 23.7 Å². The molecule has 0 aliphatic rings. The molecule has 2 heterocycles. The zero-order valence-corrected chi connectivity index (χ0v) is 21.1. The number of nitrogens with zero attached hydrogens (tertiary/aromatic N) is 8. The van der Waals surface area contributed by atoms with E-state index in [1.165, 1.54) is 32.9 Å². The van der Waals surface area contributed by atoms with Gasteiger partial charge in [0.15, 0.2) is 0 Å². The molecule has 2 aromatic heterocycles. The lowest BCUT2D eigenvalue weighted by Gasteiger charge is -2.08. The van der Waals surface area contributed by atoms with Gasteiger partial charge in [0, 0.05) is 35.3 Å². The predicted octanol–water partition coefficient (Wildman–Crippen LogP) is 2.35. The Hall–Kier alpha value is -3.43. The van der Waals surface area contributed by atoms with E-state index >= 15 is 0 Å². The predicted molar refractivity (Wildman–Crippen MR) is 133 cm³/mol. The van der Waals surface area contributed by atoms with Crippen molar-refractivity contribution >= 4 is 58.5 Å². The molecule has 2 amide bonds. The van der Waals surface area contributed by atoms with Crippen LogP contribution in [0.1, 0.15) is 0 Å². The van der Waals surface area contributed by atoms with Crippen LogP contribution in [0.3, 0.4) is 0 Å². The number of amides is 2. The number of tetrazole rings is 2. The van der Waals surface area contributed by atoms with Gasteiger partial charge in [-0.05, 0) is 69.4 Å². The number of anilines is 2. The molecule has 180 valence electrons. The lowest BCUT2D eigenvalue weighted by Crippen LogP contribution is -2.14. The first-order valence-electron chi connectivity index (χ1n) is 10.1. The van der Waals surface area contributed by atoms with Crippen molar-refractivity contribution in [2.24, 2.45) is 14.1 Å². The molecule has 0 aliphatic heterocycles. The molecule has 15 heteroatoms. The maximum Gasteiger partial charge on any atom is 0.234 e. The minimum Gasteiger partial charge on any atom is -0.325 e. The third-order valence-electron chi connectivity index (χ3n) is 4.34. The minimum absolute atomic E-state index is 0.136. The fraction of sp³-hybridized carbons (Fsp3) is 0.200. The van der Waals surface area contributed by atoms with E-state index in [0.717, 1.165) is 9.79 Å². The molecule has 0 radical (unpaired) electrons. The van der Waals surface area contributed by atoms with Gasteiger partial charge in [-0.1, -0.05) is 35.3 Å². The number of benzene rings is 2. The zero-order chi connectivity index (χ0) is 24.6. The number of rotatable bonds is 10. The maximum atomic E-state index is 12.2.